The van der Waals surface area contributed by atoms with E-state index in [1.54, 1.807) is 0 Å². The molecule has 1 aliphatic heterocycles. The van der Waals surface area contributed by atoms with E-state index in [2.05, 4.69) is 11.9 Å². The van der Waals surface area contributed by atoms with Crippen molar-refractivity contribution in [2.24, 2.45) is 5.92 Å². The molecule has 1 atom stereocenters. The fourth-order valence-corrected chi connectivity index (χ4v) is 1.65. The molecular formula is C11H21NO. The lowest BCUT2D eigenvalue weighted by atomic mass is 10.0. The first-order chi connectivity index (χ1) is 6.43. The Kier molecular flexibility index (Phi) is 5.87. The van der Waals surface area contributed by atoms with Crippen LogP contribution in [0.25, 0.3) is 0 Å². The highest BCUT2D eigenvalue weighted by molar-refractivity contribution is 4.68. The van der Waals surface area contributed by atoms with Gasteiger partial charge < -0.3 is 10.1 Å². The Bertz CT molecular complexity index is 130. The van der Waals surface area contributed by atoms with E-state index in [4.69, 9.17) is 4.74 Å². The van der Waals surface area contributed by atoms with Gasteiger partial charge in [0, 0.05) is 13.2 Å². The lowest BCUT2D eigenvalue weighted by molar-refractivity contribution is 0.0886. The van der Waals surface area contributed by atoms with Gasteiger partial charge in [0.15, 0.2) is 0 Å². The number of ether oxygens (including phenoxy) is 1. The first-order valence-electron chi connectivity index (χ1n) is 5.33. The molecule has 0 amide bonds. The Balaban J connectivity index is 1.89. The maximum absolute atomic E-state index is 5.59. The second-order valence-corrected chi connectivity index (χ2v) is 3.72. The van der Waals surface area contributed by atoms with E-state index in [-0.39, 0.29) is 0 Å². The van der Waals surface area contributed by atoms with Gasteiger partial charge in [-0.25, -0.2) is 0 Å². The fourth-order valence-electron chi connectivity index (χ4n) is 1.65. The van der Waals surface area contributed by atoms with Gasteiger partial charge in [0.1, 0.15) is 0 Å². The van der Waals surface area contributed by atoms with E-state index in [0.29, 0.717) is 0 Å². The maximum Gasteiger partial charge on any atom is 0.0506 e. The van der Waals surface area contributed by atoms with Gasteiger partial charge in [-0.2, -0.15) is 0 Å². The quantitative estimate of drug-likeness (QED) is 0.502. The van der Waals surface area contributed by atoms with Crippen molar-refractivity contribution in [3.8, 4) is 0 Å². The number of allylic oxidation sites excluding steroid dienone is 1. The van der Waals surface area contributed by atoms with Crippen LogP contribution in [0.1, 0.15) is 25.7 Å². The summed E-state index contributed by atoms with van der Waals surface area (Å²) in [5, 5.41) is 3.39. The fraction of sp³-hybridized carbons (Fsp3) is 0.818. The molecule has 0 saturated carbocycles. The van der Waals surface area contributed by atoms with Crippen LogP contribution < -0.4 is 5.32 Å². The molecule has 2 heteroatoms. The minimum Gasteiger partial charge on any atom is -0.381 e. The summed E-state index contributed by atoms with van der Waals surface area (Å²) in [5.41, 5.74) is 0. The number of unbranched alkanes of at least 4 members (excludes halogenated alkanes) is 1. The van der Waals surface area contributed by atoms with E-state index in [1.807, 2.05) is 6.08 Å². The van der Waals surface area contributed by atoms with Gasteiger partial charge in [0.05, 0.1) is 6.61 Å². The highest BCUT2D eigenvalue weighted by atomic mass is 16.5. The van der Waals surface area contributed by atoms with Gasteiger partial charge in [-0.3, -0.25) is 0 Å². The van der Waals surface area contributed by atoms with Crippen LogP contribution in [0.2, 0.25) is 0 Å². The van der Waals surface area contributed by atoms with Gasteiger partial charge in [-0.15, -0.1) is 6.58 Å². The molecule has 0 aromatic carbocycles. The van der Waals surface area contributed by atoms with E-state index in [9.17, 15) is 0 Å². The third kappa shape index (κ3) is 5.06. The summed E-state index contributed by atoms with van der Waals surface area (Å²) in [5.74, 6) is 0.748. The molecule has 0 spiro atoms. The Hall–Kier alpha value is -0.340. The summed E-state index contributed by atoms with van der Waals surface area (Å²) in [6, 6.07) is 0. The number of rotatable bonds is 6. The van der Waals surface area contributed by atoms with Crippen molar-refractivity contribution in [1.82, 2.24) is 5.32 Å². The predicted molar refractivity (Wildman–Crippen MR) is 55.8 cm³/mol. The number of hydrogen-bond acceptors (Lipinski definition) is 2. The van der Waals surface area contributed by atoms with Gasteiger partial charge in [-0.1, -0.05) is 6.08 Å². The molecule has 0 aromatic rings. The molecule has 0 aromatic heterocycles. The van der Waals surface area contributed by atoms with Gasteiger partial charge in [0.25, 0.3) is 0 Å². The molecule has 13 heavy (non-hydrogen) atoms. The van der Waals surface area contributed by atoms with Gasteiger partial charge >= 0.3 is 0 Å². The highest BCUT2D eigenvalue weighted by Gasteiger charge is 2.12. The Morgan fingerprint density at radius 3 is 3.15 bits per heavy atom. The number of nitrogens with one attached hydrogen (secondary N) is 1. The average Bonchev–Trinajstić information content (AvgIpc) is 2.19. The van der Waals surface area contributed by atoms with Crippen LogP contribution in [-0.2, 0) is 4.74 Å². The smallest absolute Gasteiger partial charge is 0.0506 e. The topological polar surface area (TPSA) is 21.3 Å². The largest absolute Gasteiger partial charge is 0.381 e. The highest BCUT2D eigenvalue weighted by Crippen LogP contribution is 2.10. The molecular weight excluding hydrogens is 162 g/mol. The van der Waals surface area contributed by atoms with Crippen molar-refractivity contribution in [2.75, 3.05) is 26.3 Å². The van der Waals surface area contributed by atoms with E-state index in [1.165, 1.54) is 19.4 Å². The van der Waals surface area contributed by atoms with Crippen molar-refractivity contribution >= 4 is 0 Å². The molecule has 76 valence electrons. The van der Waals surface area contributed by atoms with E-state index < -0.39 is 0 Å². The third-order valence-electron chi connectivity index (χ3n) is 2.45. The van der Waals surface area contributed by atoms with E-state index in [0.717, 1.165) is 38.5 Å². The first-order valence-corrected chi connectivity index (χ1v) is 5.33. The van der Waals surface area contributed by atoms with Crippen molar-refractivity contribution in [2.45, 2.75) is 25.7 Å². The van der Waals surface area contributed by atoms with Gasteiger partial charge in [-0.05, 0) is 38.1 Å². The molecule has 1 unspecified atom stereocenters. The van der Waals surface area contributed by atoms with Gasteiger partial charge in [0.2, 0.25) is 0 Å². The van der Waals surface area contributed by atoms with Crippen LogP contribution in [0, 0.1) is 5.92 Å². The van der Waals surface area contributed by atoms with Crippen LogP contribution in [0.4, 0.5) is 0 Å². The lowest BCUT2D eigenvalue weighted by Crippen LogP contribution is -2.32. The molecule has 2 nitrogen and oxygen atoms in total. The van der Waals surface area contributed by atoms with Crippen LogP contribution >= 0.6 is 0 Å². The van der Waals surface area contributed by atoms with Crippen molar-refractivity contribution in [3.05, 3.63) is 12.7 Å². The minimum absolute atomic E-state index is 0.748. The third-order valence-corrected chi connectivity index (χ3v) is 2.45. The zero-order chi connectivity index (χ0) is 9.36. The van der Waals surface area contributed by atoms with Crippen LogP contribution in [-0.4, -0.2) is 26.3 Å². The monoisotopic (exact) mass is 183 g/mol. The van der Waals surface area contributed by atoms with E-state index >= 15 is 0 Å². The normalized spacial score (nSPS) is 22.9. The average molecular weight is 183 g/mol. The predicted octanol–water partition coefficient (Wildman–Crippen LogP) is 1.97. The summed E-state index contributed by atoms with van der Waals surface area (Å²) >= 11 is 0. The summed E-state index contributed by atoms with van der Waals surface area (Å²) in [6.07, 6.45) is 6.77. The van der Waals surface area contributed by atoms with Crippen LogP contribution in [0.3, 0.4) is 0 Å². The van der Waals surface area contributed by atoms with Crippen molar-refractivity contribution in [1.29, 1.82) is 0 Å². The van der Waals surface area contributed by atoms with Crippen LogP contribution in [0.15, 0.2) is 12.7 Å². The molecule has 1 fully saturated rings. The molecule has 0 aliphatic carbocycles. The summed E-state index contributed by atoms with van der Waals surface area (Å²) in [4.78, 5) is 0. The number of piperidine rings is 1. The maximum atomic E-state index is 5.59. The minimum atomic E-state index is 0.748. The molecule has 1 aliphatic rings. The molecule has 1 N–H and O–H groups in total. The molecule has 1 saturated heterocycles. The molecule has 0 bridgehead atoms. The Morgan fingerprint density at radius 1 is 1.54 bits per heavy atom. The zero-order valence-corrected chi connectivity index (χ0v) is 8.43. The number of hydrogen-bond donors (Lipinski definition) is 1. The van der Waals surface area contributed by atoms with Crippen LogP contribution in [0.5, 0.6) is 0 Å². The summed E-state index contributed by atoms with van der Waals surface area (Å²) < 4.78 is 5.59. The van der Waals surface area contributed by atoms with Crippen molar-refractivity contribution in [3.63, 3.8) is 0 Å². The molecule has 1 heterocycles. The second kappa shape index (κ2) is 7.10. The van der Waals surface area contributed by atoms with Crippen molar-refractivity contribution < 1.29 is 4.74 Å². The molecule has 1 rings (SSSR count). The molecule has 0 radical (unpaired) electrons. The second-order valence-electron chi connectivity index (χ2n) is 3.72. The lowest BCUT2D eigenvalue weighted by Gasteiger charge is -2.22. The first kappa shape index (κ1) is 10.7. The SMILES string of the molecule is C=CCCCOCC1CCCNC1. The summed E-state index contributed by atoms with van der Waals surface area (Å²) in [7, 11) is 0. The standard InChI is InChI=1S/C11H21NO/c1-2-3-4-8-13-10-11-6-5-7-12-9-11/h2,11-12H,1,3-10H2. The Labute approximate surface area is 81.4 Å². The Morgan fingerprint density at radius 2 is 2.46 bits per heavy atom. The summed E-state index contributed by atoms with van der Waals surface area (Å²) in [6.45, 7) is 7.84. The zero-order valence-electron chi connectivity index (χ0n) is 8.43.